The fourth-order valence-electron chi connectivity index (χ4n) is 3.17. The van der Waals surface area contributed by atoms with E-state index in [0.717, 1.165) is 25.0 Å². The van der Waals surface area contributed by atoms with Crippen molar-refractivity contribution in [1.82, 2.24) is 5.32 Å². The first kappa shape index (κ1) is 20.0. The Labute approximate surface area is 174 Å². The second kappa shape index (κ2) is 9.49. The van der Waals surface area contributed by atoms with E-state index in [1.54, 1.807) is 36.4 Å². The van der Waals surface area contributed by atoms with E-state index in [0.29, 0.717) is 36.0 Å². The smallest absolute Gasteiger partial charge is 0.338 e. The van der Waals surface area contributed by atoms with E-state index < -0.39 is 11.9 Å². The van der Waals surface area contributed by atoms with Crippen LogP contribution in [0.25, 0.3) is 0 Å². The Morgan fingerprint density at radius 2 is 1.90 bits per heavy atom. The van der Waals surface area contributed by atoms with Gasteiger partial charge >= 0.3 is 5.97 Å². The zero-order valence-electron chi connectivity index (χ0n) is 16.4. The van der Waals surface area contributed by atoms with Gasteiger partial charge in [0.15, 0.2) is 18.1 Å². The van der Waals surface area contributed by atoms with Gasteiger partial charge in [-0.1, -0.05) is 6.07 Å². The van der Waals surface area contributed by atoms with Gasteiger partial charge in [-0.2, -0.15) is 0 Å². The maximum atomic E-state index is 12.1. The molecule has 2 aromatic rings. The standard InChI is InChI=1S/C22H23NO7/c24-21(23-11-15-3-8-19-20(10-15)30-14-29-19)13-28-22(25)16-4-6-17(7-5-16)27-12-18-2-1-9-26-18/h3-8,10,18H,1-2,9,11-14H2,(H,23,24)/t18-/m1/s1. The number of benzene rings is 2. The van der Waals surface area contributed by atoms with E-state index in [2.05, 4.69) is 5.32 Å². The van der Waals surface area contributed by atoms with E-state index in [4.69, 9.17) is 23.7 Å². The molecule has 4 rings (SSSR count). The third kappa shape index (κ3) is 5.21. The summed E-state index contributed by atoms with van der Waals surface area (Å²) in [7, 11) is 0. The zero-order valence-corrected chi connectivity index (χ0v) is 16.4. The predicted molar refractivity (Wildman–Crippen MR) is 106 cm³/mol. The normalized spacial score (nSPS) is 16.9. The van der Waals surface area contributed by atoms with Crippen molar-refractivity contribution in [1.29, 1.82) is 0 Å². The molecular weight excluding hydrogens is 390 g/mol. The number of hydrogen-bond donors (Lipinski definition) is 1. The molecule has 0 unspecified atom stereocenters. The molecule has 1 amide bonds. The molecule has 0 spiro atoms. The number of hydrogen-bond acceptors (Lipinski definition) is 7. The summed E-state index contributed by atoms with van der Waals surface area (Å²) in [4.78, 5) is 24.1. The van der Waals surface area contributed by atoms with Crippen molar-refractivity contribution >= 4 is 11.9 Å². The second-order valence-electron chi connectivity index (χ2n) is 7.01. The molecule has 1 atom stereocenters. The van der Waals surface area contributed by atoms with Crippen LogP contribution in [-0.4, -0.2) is 44.6 Å². The van der Waals surface area contributed by atoms with Gasteiger partial charge in [-0.05, 0) is 54.8 Å². The molecule has 0 saturated carbocycles. The first-order valence-corrected chi connectivity index (χ1v) is 9.84. The van der Waals surface area contributed by atoms with Gasteiger partial charge in [-0.15, -0.1) is 0 Å². The Balaban J connectivity index is 1.18. The molecule has 1 saturated heterocycles. The van der Waals surface area contributed by atoms with E-state index in [1.165, 1.54) is 0 Å². The predicted octanol–water partition coefficient (Wildman–Crippen LogP) is 2.45. The third-order valence-corrected chi connectivity index (χ3v) is 4.81. The average molecular weight is 413 g/mol. The fraction of sp³-hybridized carbons (Fsp3) is 0.364. The van der Waals surface area contributed by atoms with Crippen molar-refractivity contribution in [2.75, 3.05) is 26.6 Å². The van der Waals surface area contributed by atoms with Crippen LogP contribution < -0.4 is 19.5 Å². The van der Waals surface area contributed by atoms with Gasteiger partial charge in [-0.25, -0.2) is 4.79 Å². The lowest BCUT2D eigenvalue weighted by Crippen LogP contribution is -2.28. The minimum atomic E-state index is -0.570. The Morgan fingerprint density at radius 1 is 1.07 bits per heavy atom. The fourth-order valence-corrected chi connectivity index (χ4v) is 3.17. The number of esters is 1. The summed E-state index contributed by atoms with van der Waals surface area (Å²) in [6.07, 6.45) is 2.19. The maximum absolute atomic E-state index is 12.1. The van der Waals surface area contributed by atoms with Gasteiger partial charge in [-0.3, -0.25) is 4.79 Å². The van der Waals surface area contributed by atoms with Gasteiger partial charge in [0, 0.05) is 13.2 Å². The van der Waals surface area contributed by atoms with Crippen molar-refractivity contribution in [3.05, 3.63) is 53.6 Å². The Bertz CT molecular complexity index is 891. The summed E-state index contributed by atoms with van der Waals surface area (Å²) in [5, 5.41) is 2.71. The monoisotopic (exact) mass is 413 g/mol. The number of carbonyl (C=O) groups is 2. The molecule has 8 nitrogen and oxygen atoms in total. The molecule has 0 radical (unpaired) electrons. The van der Waals surface area contributed by atoms with Crippen molar-refractivity contribution < 1.29 is 33.3 Å². The minimum Gasteiger partial charge on any atom is -0.491 e. The number of carbonyl (C=O) groups excluding carboxylic acids is 2. The third-order valence-electron chi connectivity index (χ3n) is 4.81. The van der Waals surface area contributed by atoms with Crippen LogP contribution in [0.4, 0.5) is 0 Å². The highest BCUT2D eigenvalue weighted by molar-refractivity contribution is 5.91. The number of fused-ring (bicyclic) bond motifs is 1. The first-order chi connectivity index (χ1) is 14.7. The van der Waals surface area contributed by atoms with Crippen LogP contribution in [0, 0.1) is 0 Å². The van der Waals surface area contributed by atoms with Gasteiger partial charge < -0.3 is 29.0 Å². The first-order valence-electron chi connectivity index (χ1n) is 9.84. The molecule has 1 fully saturated rings. The average Bonchev–Trinajstić information content (AvgIpc) is 3.46. The Hall–Kier alpha value is -3.26. The van der Waals surface area contributed by atoms with Gasteiger partial charge in [0.05, 0.1) is 11.7 Å². The van der Waals surface area contributed by atoms with Crippen molar-refractivity contribution in [2.24, 2.45) is 0 Å². The van der Waals surface area contributed by atoms with Gasteiger partial charge in [0.25, 0.3) is 5.91 Å². The van der Waals surface area contributed by atoms with Crippen molar-refractivity contribution in [2.45, 2.75) is 25.5 Å². The van der Waals surface area contributed by atoms with Crippen molar-refractivity contribution in [3.8, 4) is 17.2 Å². The van der Waals surface area contributed by atoms with Crippen LogP contribution in [0.3, 0.4) is 0 Å². The lowest BCUT2D eigenvalue weighted by molar-refractivity contribution is -0.124. The molecule has 30 heavy (non-hydrogen) atoms. The van der Waals surface area contributed by atoms with Crippen LogP contribution in [0.1, 0.15) is 28.8 Å². The summed E-state index contributed by atoms with van der Waals surface area (Å²) in [6, 6.07) is 12.0. The molecule has 0 aromatic heterocycles. The van der Waals surface area contributed by atoms with Gasteiger partial charge in [0.1, 0.15) is 12.4 Å². The molecule has 2 aromatic carbocycles. The van der Waals surface area contributed by atoms with E-state index >= 15 is 0 Å². The van der Waals surface area contributed by atoms with E-state index in [9.17, 15) is 9.59 Å². The molecular formula is C22H23NO7. The second-order valence-corrected chi connectivity index (χ2v) is 7.01. The van der Waals surface area contributed by atoms with Gasteiger partial charge in [0.2, 0.25) is 6.79 Å². The number of ether oxygens (including phenoxy) is 5. The molecule has 1 N–H and O–H groups in total. The molecule has 0 aliphatic carbocycles. The summed E-state index contributed by atoms with van der Waals surface area (Å²) in [5.74, 6) is 1.03. The van der Waals surface area contributed by atoms with Crippen LogP contribution >= 0.6 is 0 Å². The Morgan fingerprint density at radius 3 is 2.70 bits per heavy atom. The molecule has 2 aliphatic rings. The largest absolute Gasteiger partial charge is 0.491 e. The number of rotatable bonds is 8. The van der Waals surface area contributed by atoms with Crippen LogP contribution in [0.15, 0.2) is 42.5 Å². The van der Waals surface area contributed by atoms with E-state index in [1.807, 2.05) is 6.07 Å². The molecule has 8 heteroatoms. The number of nitrogens with one attached hydrogen (secondary N) is 1. The molecule has 2 heterocycles. The van der Waals surface area contributed by atoms with Crippen LogP contribution in [-0.2, 0) is 20.8 Å². The molecule has 0 bridgehead atoms. The van der Waals surface area contributed by atoms with E-state index in [-0.39, 0.29) is 19.5 Å². The summed E-state index contributed by atoms with van der Waals surface area (Å²) in [6.45, 7) is 1.41. The van der Waals surface area contributed by atoms with Crippen LogP contribution in [0.2, 0.25) is 0 Å². The SMILES string of the molecule is O=C(COC(=O)c1ccc(OC[C@H]2CCCO2)cc1)NCc1ccc2c(c1)OCO2. The lowest BCUT2D eigenvalue weighted by Gasteiger charge is -2.11. The highest BCUT2D eigenvalue weighted by Crippen LogP contribution is 2.32. The van der Waals surface area contributed by atoms with Crippen LogP contribution in [0.5, 0.6) is 17.2 Å². The minimum absolute atomic E-state index is 0.130. The van der Waals surface area contributed by atoms with Crippen molar-refractivity contribution in [3.63, 3.8) is 0 Å². The lowest BCUT2D eigenvalue weighted by atomic mass is 10.2. The Kier molecular flexibility index (Phi) is 6.34. The zero-order chi connectivity index (χ0) is 20.8. The molecule has 158 valence electrons. The quantitative estimate of drug-likeness (QED) is 0.665. The number of amides is 1. The summed E-state index contributed by atoms with van der Waals surface area (Å²) >= 11 is 0. The topological polar surface area (TPSA) is 92.3 Å². The molecule has 2 aliphatic heterocycles. The summed E-state index contributed by atoms with van der Waals surface area (Å²) < 4.78 is 26.8. The highest BCUT2D eigenvalue weighted by atomic mass is 16.7. The summed E-state index contributed by atoms with van der Waals surface area (Å²) in [5.41, 5.74) is 1.21. The maximum Gasteiger partial charge on any atom is 0.338 e. The highest BCUT2D eigenvalue weighted by Gasteiger charge is 2.17.